The van der Waals surface area contributed by atoms with Gasteiger partial charge >= 0.3 is 5.97 Å². The van der Waals surface area contributed by atoms with Crippen LogP contribution in [0.25, 0.3) is 0 Å². The van der Waals surface area contributed by atoms with Gasteiger partial charge in [-0.1, -0.05) is 30.3 Å². The van der Waals surface area contributed by atoms with Crippen LogP contribution < -0.4 is 0 Å². The summed E-state index contributed by atoms with van der Waals surface area (Å²) in [5.74, 6) is -0.915. The first kappa shape index (κ1) is 16.7. The molecule has 3 aliphatic heterocycles. The minimum atomic E-state index is -0.593. The molecule has 6 heteroatoms. The molecule has 4 rings (SSSR count). The van der Waals surface area contributed by atoms with Crippen LogP contribution >= 0.6 is 12.4 Å². The predicted octanol–water partition coefficient (Wildman–Crippen LogP) is 1.34. The van der Waals surface area contributed by atoms with Crippen LogP contribution in [-0.2, 0) is 14.3 Å². The van der Waals surface area contributed by atoms with E-state index in [0.29, 0.717) is 24.3 Å². The Balaban J connectivity index is 0.00000156. The van der Waals surface area contributed by atoms with Crippen LogP contribution in [-0.4, -0.2) is 60.0 Å². The minimum absolute atomic E-state index is 0. The molecule has 0 aliphatic carbocycles. The zero-order valence-electron chi connectivity index (χ0n) is 13.0. The normalized spacial score (nSPS) is 35.8. The van der Waals surface area contributed by atoms with Crippen LogP contribution in [0.4, 0.5) is 0 Å². The van der Waals surface area contributed by atoms with Crippen molar-refractivity contribution in [3.05, 3.63) is 35.9 Å². The van der Waals surface area contributed by atoms with Crippen LogP contribution in [0.1, 0.15) is 24.3 Å². The number of ether oxygens (including phenoxy) is 2. The molecular formula is C17H22ClNO4. The largest absolute Gasteiger partial charge is 0.462 e. The van der Waals surface area contributed by atoms with E-state index in [2.05, 4.69) is 11.9 Å². The lowest BCUT2D eigenvalue weighted by molar-refractivity contribution is -0.156. The third-order valence-electron chi connectivity index (χ3n) is 5.33. The summed E-state index contributed by atoms with van der Waals surface area (Å²) in [5.41, 5.74) is 0.803. The Morgan fingerprint density at radius 3 is 2.48 bits per heavy atom. The summed E-state index contributed by atoms with van der Waals surface area (Å²) in [6, 6.07) is 10.1. The number of esters is 1. The molecule has 0 spiro atoms. The number of fused-ring (bicyclic) bond motifs is 5. The molecule has 1 aromatic rings. The number of hydrogen-bond acceptors (Lipinski definition) is 5. The topological polar surface area (TPSA) is 62.3 Å². The van der Waals surface area contributed by atoms with Crippen LogP contribution in [0.2, 0.25) is 0 Å². The molecule has 1 N–H and O–H groups in total. The number of epoxide rings is 1. The van der Waals surface area contributed by atoms with Gasteiger partial charge in [-0.3, -0.25) is 9.69 Å². The van der Waals surface area contributed by atoms with Gasteiger partial charge in [0.25, 0.3) is 0 Å². The second-order valence-corrected chi connectivity index (χ2v) is 6.54. The molecule has 3 heterocycles. The van der Waals surface area contributed by atoms with Gasteiger partial charge < -0.3 is 14.6 Å². The van der Waals surface area contributed by atoms with Gasteiger partial charge in [0.1, 0.15) is 24.2 Å². The molecule has 0 amide bonds. The monoisotopic (exact) mass is 339 g/mol. The van der Waals surface area contributed by atoms with Crippen LogP contribution in [0, 0.1) is 0 Å². The third kappa shape index (κ3) is 2.87. The van der Waals surface area contributed by atoms with Crippen molar-refractivity contribution in [3.63, 3.8) is 0 Å². The number of carbonyl (C=O) groups excluding carboxylic acids is 1. The molecule has 2 bridgehead atoms. The van der Waals surface area contributed by atoms with Crippen LogP contribution in [0.3, 0.4) is 0 Å². The zero-order chi connectivity index (χ0) is 15.3. The second kappa shape index (κ2) is 6.40. The van der Waals surface area contributed by atoms with Crippen molar-refractivity contribution in [3.8, 4) is 0 Å². The Hall–Kier alpha value is -1.14. The number of nitrogens with zero attached hydrogens (tertiary/aromatic N) is 1. The first-order chi connectivity index (χ1) is 10.7. The lowest BCUT2D eigenvalue weighted by atomic mass is 9.97. The number of halogens is 1. The Kier molecular flexibility index (Phi) is 4.65. The fourth-order valence-electron chi connectivity index (χ4n) is 4.04. The van der Waals surface area contributed by atoms with Gasteiger partial charge in [-0.25, -0.2) is 0 Å². The SMILES string of the molecule is CN1C2CC(OC(=O)[C@@H](CO)c3ccccc3)CC1C1OC12.Cl. The van der Waals surface area contributed by atoms with Crippen LogP contribution in [0.5, 0.6) is 0 Å². The van der Waals surface area contributed by atoms with Crippen LogP contribution in [0.15, 0.2) is 30.3 Å². The van der Waals surface area contributed by atoms with E-state index in [4.69, 9.17) is 9.47 Å². The summed E-state index contributed by atoms with van der Waals surface area (Å²) >= 11 is 0. The number of carbonyl (C=O) groups is 1. The molecule has 3 aliphatic rings. The highest BCUT2D eigenvalue weighted by molar-refractivity contribution is 5.85. The Bertz CT molecular complexity index is 551. The highest BCUT2D eigenvalue weighted by atomic mass is 35.5. The molecule has 4 unspecified atom stereocenters. The number of piperidine rings is 1. The molecule has 3 saturated heterocycles. The van der Waals surface area contributed by atoms with E-state index in [0.717, 1.165) is 18.4 Å². The van der Waals surface area contributed by atoms with Crippen molar-refractivity contribution in [2.45, 2.75) is 49.2 Å². The van der Waals surface area contributed by atoms with Gasteiger partial charge in [0.05, 0.1) is 6.61 Å². The summed E-state index contributed by atoms with van der Waals surface area (Å²) in [6.07, 6.45) is 2.26. The highest BCUT2D eigenvalue weighted by Crippen LogP contribution is 2.48. The van der Waals surface area contributed by atoms with E-state index < -0.39 is 5.92 Å². The van der Waals surface area contributed by atoms with Gasteiger partial charge in [-0.15, -0.1) is 12.4 Å². The molecule has 5 atom stereocenters. The van der Waals surface area contributed by atoms with Crippen molar-refractivity contribution < 1.29 is 19.4 Å². The average molecular weight is 340 g/mol. The lowest BCUT2D eigenvalue weighted by Crippen LogP contribution is -2.48. The van der Waals surface area contributed by atoms with Gasteiger partial charge in [0.2, 0.25) is 0 Å². The van der Waals surface area contributed by atoms with E-state index in [9.17, 15) is 9.90 Å². The number of benzene rings is 1. The zero-order valence-corrected chi connectivity index (χ0v) is 13.8. The van der Waals surface area contributed by atoms with Crippen molar-refractivity contribution in [1.29, 1.82) is 0 Å². The molecule has 0 radical (unpaired) electrons. The number of rotatable bonds is 4. The molecule has 1 aromatic carbocycles. The number of hydrogen-bond donors (Lipinski definition) is 1. The molecule has 23 heavy (non-hydrogen) atoms. The summed E-state index contributed by atoms with van der Waals surface area (Å²) in [4.78, 5) is 14.8. The highest BCUT2D eigenvalue weighted by Gasteiger charge is 2.62. The fraction of sp³-hybridized carbons (Fsp3) is 0.588. The standard InChI is InChI=1S/C17H21NO4.ClH/c1-18-13-7-11(8-14(18)16-15(13)22-16)21-17(20)12(9-19)10-5-3-2-4-6-10;/h2-6,11-16,19H,7-9H2,1H3;1H/t11?,12-,13?,14?,15?,16?;/m0./s1. The number of likely N-dealkylation sites (N-methyl/N-ethyl adjacent to an activating group) is 1. The molecule has 126 valence electrons. The molecule has 3 fully saturated rings. The Morgan fingerprint density at radius 1 is 1.30 bits per heavy atom. The van der Waals surface area contributed by atoms with E-state index >= 15 is 0 Å². The van der Waals surface area contributed by atoms with Gasteiger partial charge in [0, 0.05) is 24.9 Å². The average Bonchev–Trinajstić information content (AvgIpc) is 3.27. The smallest absolute Gasteiger partial charge is 0.316 e. The number of morpholine rings is 1. The van der Waals surface area contributed by atoms with E-state index in [1.54, 1.807) is 0 Å². The Morgan fingerprint density at radius 2 is 1.91 bits per heavy atom. The van der Waals surface area contributed by atoms with E-state index in [-0.39, 0.29) is 31.1 Å². The van der Waals surface area contributed by atoms with E-state index in [1.807, 2.05) is 30.3 Å². The summed E-state index contributed by atoms with van der Waals surface area (Å²) in [6.45, 7) is -0.226. The minimum Gasteiger partial charge on any atom is -0.462 e. The molecule has 0 aromatic heterocycles. The second-order valence-electron chi connectivity index (χ2n) is 6.54. The lowest BCUT2D eigenvalue weighted by Gasteiger charge is -2.38. The third-order valence-corrected chi connectivity index (χ3v) is 5.33. The summed E-state index contributed by atoms with van der Waals surface area (Å²) in [5, 5.41) is 9.56. The molecule has 5 nitrogen and oxygen atoms in total. The predicted molar refractivity (Wildman–Crippen MR) is 86.6 cm³/mol. The number of aliphatic hydroxyl groups excluding tert-OH is 1. The Labute approximate surface area is 142 Å². The quantitative estimate of drug-likeness (QED) is 0.662. The fourth-order valence-corrected chi connectivity index (χ4v) is 4.04. The maximum Gasteiger partial charge on any atom is 0.316 e. The van der Waals surface area contributed by atoms with Gasteiger partial charge in [-0.2, -0.15) is 0 Å². The molecule has 0 saturated carbocycles. The maximum atomic E-state index is 12.4. The maximum absolute atomic E-state index is 12.4. The first-order valence-electron chi connectivity index (χ1n) is 7.92. The number of aliphatic hydroxyl groups is 1. The van der Waals surface area contributed by atoms with Crippen molar-refractivity contribution in [2.24, 2.45) is 0 Å². The first-order valence-corrected chi connectivity index (χ1v) is 7.92. The van der Waals surface area contributed by atoms with Crippen molar-refractivity contribution in [1.82, 2.24) is 4.90 Å². The summed E-state index contributed by atoms with van der Waals surface area (Å²) < 4.78 is 11.4. The van der Waals surface area contributed by atoms with Gasteiger partial charge in [-0.05, 0) is 12.6 Å². The molecular weight excluding hydrogens is 318 g/mol. The van der Waals surface area contributed by atoms with Crippen molar-refractivity contribution >= 4 is 18.4 Å². The van der Waals surface area contributed by atoms with E-state index in [1.165, 1.54) is 0 Å². The summed E-state index contributed by atoms with van der Waals surface area (Å²) in [7, 11) is 2.13. The van der Waals surface area contributed by atoms with Gasteiger partial charge in [0.15, 0.2) is 0 Å². The van der Waals surface area contributed by atoms with Crippen molar-refractivity contribution in [2.75, 3.05) is 13.7 Å².